The number of halogens is 1. The maximum absolute atomic E-state index is 13.5. The van der Waals surface area contributed by atoms with Crippen LogP contribution >= 0.6 is 0 Å². The van der Waals surface area contributed by atoms with Gasteiger partial charge in [0.15, 0.2) is 11.6 Å². The van der Waals surface area contributed by atoms with Gasteiger partial charge in [-0.2, -0.15) is 4.98 Å². The van der Waals surface area contributed by atoms with Gasteiger partial charge in [-0.05, 0) is 0 Å². The second kappa shape index (κ2) is 5.45. The van der Waals surface area contributed by atoms with Crippen molar-refractivity contribution in [1.29, 1.82) is 0 Å². The number of aliphatic hydroxyl groups excluding tert-OH is 1. The molecule has 2 heterocycles. The van der Waals surface area contributed by atoms with E-state index in [1.165, 1.54) is 0 Å². The van der Waals surface area contributed by atoms with Crippen LogP contribution in [0.25, 0.3) is 0 Å². The monoisotopic (exact) mass is 256 g/mol. The molecule has 1 atom stereocenters. The molecule has 1 aromatic rings. The van der Waals surface area contributed by atoms with Gasteiger partial charge in [0, 0.05) is 27.2 Å². The van der Waals surface area contributed by atoms with Crippen LogP contribution in [-0.4, -0.2) is 61.6 Å². The number of hydrogen-bond acceptors (Lipinski definition) is 6. The number of aromatic nitrogens is 2. The second-order valence-electron chi connectivity index (χ2n) is 4.41. The van der Waals surface area contributed by atoms with E-state index in [2.05, 4.69) is 9.97 Å². The Hall–Kier alpha value is -1.47. The van der Waals surface area contributed by atoms with Crippen LogP contribution in [-0.2, 0) is 4.74 Å². The van der Waals surface area contributed by atoms with Gasteiger partial charge in [0.25, 0.3) is 0 Å². The first-order valence-corrected chi connectivity index (χ1v) is 5.78. The maximum atomic E-state index is 13.5. The van der Waals surface area contributed by atoms with Gasteiger partial charge >= 0.3 is 0 Å². The largest absolute Gasteiger partial charge is 0.389 e. The smallest absolute Gasteiger partial charge is 0.227 e. The van der Waals surface area contributed by atoms with E-state index >= 15 is 0 Å². The fourth-order valence-corrected chi connectivity index (χ4v) is 1.79. The number of ether oxygens (including phenoxy) is 1. The van der Waals surface area contributed by atoms with Crippen molar-refractivity contribution in [1.82, 2.24) is 9.97 Å². The summed E-state index contributed by atoms with van der Waals surface area (Å²) in [4.78, 5) is 11.5. The molecule has 1 aromatic heterocycles. The molecule has 1 aliphatic heterocycles. The summed E-state index contributed by atoms with van der Waals surface area (Å²) >= 11 is 0. The van der Waals surface area contributed by atoms with E-state index in [1.54, 1.807) is 23.9 Å². The maximum Gasteiger partial charge on any atom is 0.227 e. The number of aliphatic hydroxyl groups is 1. The van der Waals surface area contributed by atoms with Gasteiger partial charge in [-0.25, -0.2) is 9.37 Å². The summed E-state index contributed by atoms with van der Waals surface area (Å²) in [7, 11) is 3.44. The molecule has 1 fully saturated rings. The van der Waals surface area contributed by atoms with Crippen molar-refractivity contribution in [3.63, 3.8) is 0 Å². The molecule has 7 heteroatoms. The molecule has 0 saturated carbocycles. The molecule has 1 unspecified atom stereocenters. The fraction of sp³-hybridized carbons (Fsp3) is 0.636. The topological polar surface area (TPSA) is 61.7 Å². The molecular weight excluding hydrogens is 239 g/mol. The predicted octanol–water partition coefficient (Wildman–Crippen LogP) is -0.121. The molecule has 1 N–H and O–H groups in total. The van der Waals surface area contributed by atoms with Crippen molar-refractivity contribution < 1.29 is 14.2 Å². The summed E-state index contributed by atoms with van der Waals surface area (Å²) in [5, 5.41) is 9.65. The fourth-order valence-electron chi connectivity index (χ4n) is 1.79. The standard InChI is InChI=1S/C11H17FN4O2/c1-15(2)10-9(12)5-13-11(14-10)16-3-4-18-7-8(17)6-16/h5,8,17H,3-4,6-7H2,1-2H3. The first-order chi connectivity index (χ1) is 8.58. The second-order valence-corrected chi connectivity index (χ2v) is 4.41. The summed E-state index contributed by atoms with van der Waals surface area (Å²) in [6, 6.07) is 0. The van der Waals surface area contributed by atoms with Gasteiger partial charge < -0.3 is 19.6 Å². The zero-order valence-corrected chi connectivity index (χ0v) is 10.5. The summed E-state index contributed by atoms with van der Waals surface area (Å²) in [6.07, 6.45) is 0.569. The Morgan fingerprint density at radius 1 is 1.56 bits per heavy atom. The Balaban J connectivity index is 2.24. The van der Waals surface area contributed by atoms with Crippen LogP contribution in [0.5, 0.6) is 0 Å². The summed E-state index contributed by atoms with van der Waals surface area (Å²) < 4.78 is 18.7. The summed E-state index contributed by atoms with van der Waals surface area (Å²) in [5.74, 6) is 0.180. The van der Waals surface area contributed by atoms with E-state index < -0.39 is 11.9 Å². The molecule has 2 rings (SSSR count). The lowest BCUT2D eigenvalue weighted by Crippen LogP contribution is -2.34. The van der Waals surface area contributed by atoms with Crippen LogP contribution in [0.15, 0.2) is 6.20 Å². The lowest BCUT2D eigenvalue weighted by molar-refractivity contribution is 0.0597. The van der Waals surface area contributed by atoms with Crippen molar-refractivity contribution in [2.75, 3.05) is 50.2 Å². The Bertz CT molecular complexity index is 416. The molecule has 0 aliphatic carbocycles. The Morgan fingerprint density at radius 3 is 3.06 bits per heavy atom. The number of nitrogens with zero attached hydrogens (tertiary/aromatic N) is 4. The van der Waals surface area contributed by atoms with Crippen molar-refractivity contribution in [3.05, 3.63) is 12.0 Å². The normalized spacial score (nSPS) is 20.7. The van der Waals surface area contributed by atoms with Gasteiger partial charge in [0.1, 0.15) is 0 Å². The van der Waals surface area contributed by atoms with Gasteiger partial charge in [-0.15, -0.1) is 0 Å². The zero-order chi connectivity index (χ0) is 13.1. The molecule has 0 amide bonds. The van der Waals surface area contributed by atoms with Crippen molar-refractivity contribution in [3.8, 4) is 0 Å². The minimum Gasteiger partial charge on any atom is -0.389 e. The van der Waals surface area contributed by atoms with E-state index in [0.717, 1.165) is 6.20 Å². The van der Waals surface area contributed by atoms with Crippen molar-refractivity contribution in [2.45, 2.75) is 6.10 Å². The van der Waals surface area contributed by atoms with Crippen LogP contribution in [0.1, 0.15) is 0 Å². The highest BCUT2D eigenvalue weighted by Gasteiger charge is 2.20. The quantitative estimate of drug-likeness (QED) is 0.796. The van der Waals surface area contributed by atoms with Crippen LogP contribution < -0.4 is 9.80 Å². The van der Waals surface area contributed by atoms with Crippen LogP contribution in [0.2, 0.25) is 0 Å². The highest BCUT2D eigenvalue weighted by Crippen LogP contribution is 2.18. The Morgan fingerprint density at radius 2 is 2.33 bits per heavy atom. The third-order valence-corrected chi connectivity index (χ3v) is 2.67. The van der Waals surface area contributed by atoms with Crippen LogP contribution in [0.3, 0.4) is 0 Å². The number of β-amino-alcohol motifs (C(OH)–C–C–N with tert-alkyl or cyclic N) is 1. The number of rotatable bonds is 2. The molecule has 1 saturated heterocycles. The van der Waals surface area contributed by atoms with E-state index in [9.17, 15) is 9.50 Å². The van der Waals surface area contributed by atoms with E-state index in [0.29, 0.717) is 32.3 Å². The predicted molar refractivity (Wildman–Crippen MR) is 65.4 cm³/mol. The average molecular weight is 256 g/mol. The van der Waals surface area contributed by atoms with Gasteiger partial charge in [-0.3, -0.25) is 0 Å². The molecule has 0 aromatic carbocycles. The van der Waals surface area contributed by atoms with Crippen LogP contribution in [0.4, 0.5) is 16.2 Å². The number of anilines is 2. The molecule has 0 radical (unpaired) electrons. The average Bonchev–Trinajstić information content (AvgIpc) is 2.54. The minimum atomic E-state index is -0.580. The molecule has 0 bridgehead atoms. The van der Waals surface area contributed by atoms with Gasteiger partial charge in [0.2, 0.25) is 5.95 Å². The molecule has 6 nitrogen and oxygen atoms in total. The lowest BCUT2D eigenvalue weighted by Gasteiger charge is -2.22. The summed E-state index contributed by atoms with van der Waals surface area (Å²) in [5.41, 5.74) is 0. The van der Waals surface area contributed by atoms with Crippen molar-refractivity contribution >= 4 is 11.8 Å². The highest BCUT2D eigenvalue weighted by atomic mass is 19.1. The van der Waals surface area contributed by atoms with E-state index in [1.807, 2.05) is 0 Å². The highest BCUT2D eigenvalue weighted by molar-refractivity contribution is 5.43. The molecular formula is C11H17FN4O2. The minimum absolute atomic E-state index is 0.236. The van der Waals surface area contributed by atoms with Crippen molar-refractivity contribution in [2.24, 2.45) is 0 Å². The molecule has 0 spiro atoms. The zero-order valence-electron chi connectivity index (χ0n) is 10.5. The Labute approximate surface area is 105 Å². The lowest BCUT2D eigenvalue weighted by atomic mass is 10.3. The molecule has 18 heavy (non-hydrogen) atoms. The first kappa shape index (κ1) is 13.0. The first-order valence-electron chi connectivity index (χ1n) is 5.78. The summed E-state index contributed by atoms with van der Waals surface area (Å²) in [6.45, 7) is 1.77. The van der Waals surface area contributed by atoms with Gasteiger partial charge in [-0.1, -0.05) is 0 Å². The third-order valence-electron chi connectivity index (χ3n) is 2.67. The SMILES string of the molecule is CN(C)c1nc(N2CCOCC(O)C2)ncc1F. The number of hydrogen-bond donors (Lipinski definition) is 1. The molecule has 100 valence electrons. The molecule has 1 aliphatic rings. The van der Waals surface area contributed by atoms with E-state index in [-0.39, 0.29) is 5.82 Å². The Kier molecular flexibility index (Phi) is 3.93. The third kappa shape index (κ3) is 2.85. The van der Waals surface area contributed by atoms with Crippen LogP contribution in [0, 0.1) is 5.82 Å². The van der Waals surface area contributed by atoms with Gasteiger partial charge in [0.05, 0.1) is 25.5 Å². The van der Waals surface area contributed by atoms with E-state index in [4.69, 9.17) is 4.74 Å².